The van der Waals surface area contributed by atoms with Gasteiger partial charge in [-0.05, 0) is 57.4 Å². The maximum absolute atomic E-state index is 13.3. The number of aromatic nitrogens is 4. The molecule has 0 saturated heterocycles. The Morgan fingerprint density at radius 1 is 1.27 bits per heavy atom. The van der Waals surface area contributed by atoms with E-state index < -0.39 is 29.1 Å². The van der Waals surface area contributed by atoms with Gasteiger partial charge in [0.15, 0.2) is 5.82 Å². The molecule has 7 nitrogen and oxygen atoms in total. The van der Waals surface area contributed by atoms with Crippen molar-refractivity contribution in [2.24, 2.45) is 0 Å². The van der Waals surface area contributed by atoms with Gasteiger partial charge in [-0.2, -0.15) is 10.1 Å². The summed E-state index contributed by atoms with van der Waals surface area (Å²) in [6.07, 6.45) is -1.34. The summed E-state index contributed by atoms with van der Waals surface area (Å²) >= 11 is 12.4. The number of carbonyl (C=O) groups excluding carboxylic acids is 1. The van der Waals surface area contributed by atoms with Crippen molar-refractivity contribution >= 4 is 29.2 Å². The molecular formula is C22H22Cl2F2N4O3. The molecule has 4 rings (SSSR count). The van der Waals surface area contributed by atoms with E-state index in [-0.39, 0.29) is 24.6 Å². The fourth-order valence-corrected chi connectivity index (χ4v) is 4.20. The third-order valence-corrected chi connectivity index (χ3v) is 5.79. The summed E-state index contributed by atoms with van der Waals surface area (Å²) in [5.74, 6) is -0.0340. The van der Waals surface area contributed by atoms with E-state index in [4.69, 9.17) is 32.5 Å². The molecule has 0 spiro atoms. The molecule has 33 heavy (non-hydrogen) atoms. The lowest BCUT2D eigenvalue weighted by molar-refractivity contribution is -0.155. The molecule has 2 heterocycles. The number of nitrogens with zero attached hydrogens (tertiary/aromatic N) is 4. The summed E-state index contributed by atoms with van der Waals surface area (Å²) in [6, 6.07) is 6.41. The smallest absolute Gasteiger partial charge is 0.308 e. The van der Waals surface area contributed by atoms with Gasteiger partial charge >= 0.3 is 5.97 Å². The van der Waals surface area contributed by atoms with Crippen molar-refractivity contribution in [2.45, 2.75) is 64.0 Å². The molecule has 0 N–H and O–H groups in total. The van der Waals surface area contributed by atoms with Crippen molar-refractivity contribution in [1.29, 1.82) is 0 Å². The molecule has 2 aromatic heterocycles. The molecule has 11 heteroatoms. The van der Waals surface area contributed by atoms with Crippen LogP contribution in [0.2, 0.25) is 10.0 Å². The van der Waals surface area contributed by atoms with E-state index in [0.29, 0.717) is 15.9 Å². The van der Waals surface area contributed by atoms with Crippen LogP contribution in [0.5, 0.6) is 0 Å². The average Bonchev–Trinajstić information content (AvgIpc) is 3.16. The molecule has 0 unspecified atom stereocenters. The Labute approximate surface area is 199 Å². The summed E-state index contributed by atoms with van der Waals surface area (Å²) in [4.78, 5) is 16.6. The highest BCUT2D eigenvalue weighted by Gasteiger charge is 2.51. The summed E-state index contributed by atoms with van der Waals surface area (Å²) in [6.45, 7) is 5.27. The second-order valence-corrected chi connectivity index (χ2v) is 9.79. The number of hydrogen-bond donors (Lipinski definition) is 0. The highest BCUT2D eigenvalue weighted by molar-refractivity contribution is 6.35. The minimum absolute atomic E-state index is 0.0167. The van der Waals surface area contributed by atoms with Crippen molar-refractivity contribution in [3.63, 3.8) is 0 Å². The second kappa shape index (κ2) is 8.68. The minimum Gasteiger partial charge on any atom is -0.460 e. The molecule has 176 valence electrons. The monoisotopic (exact) mass is 498 g/mol. The van der Waals surface area contributed by atoms with Gasteiger partial charge in [-0.15, -0.1) is 0 Å². The third-order valence-electron chi connectivity index (χ3n) is 5.24. The molecule has 1 aromatic carbocycles. The topological polar surface area (TPSA) is 83.0 Å². The van der Waals surface area contributed by atoms with Gasteiger partial charge in [-0.1, -0.05) is 34.4 Å². The highest BCUT2D eigenvalue weighted by Crippen LogP contribution is 2.54. The van der Waals surface area contributed by atoms with E-state index in [2.05, 4.69) is 15.2 Å². The van der Waals surface area contributed by atoms with Crippen LogP contribution in [0, 0.1) is 0 Å². The van der Waals surface area contributed by atoms with Crippen LogP contribution in [0.1, 0.15) is 63.5 Å². The third kappa shape index (κ3) is 5.04. The van der Waals surface area contributed by atoms with Crippen LogP contribution in [0.25, 0.3) is 11.6 Å². The van der Waals surface area contributed by atoms with Crippen molar-refractivity contribution < 1.29 is 22.8 Å². The lowest BCUT2D eigenvalue weighted by atomic mass is 9.95. The summed E-state index contributed by atoms with van der Waals surface area (Å²) in [5, 5.41) is 9.04. The maximum atomic E-state index is 13.3. The van der Waals surface area contributed by atoms with Gasteiger partial charge in [0.1, 0.15) is 17.0 Å². The van der Waals surface area contributed by atoms with E-state index in [1.165, 1.54) is 10.7 Å². The first-order valence-corrected chi connectivity index (χ1v) is 11.1. The number of carbonyl (C=O) groups is 1. The quantitative estimate of drug-likeness (QED) is 0.372. The predicted molar refractivity (Wildman–Crippen MR) is 117 cm³/mol. The number of rotatable bonds is 7. The zero-order valence-electron chi connectivity index (χ0n) is 18.2. The molecule has 0 amide bonds. The summed E-state index contributed by atoms with van der Waals surface area (Å²) < 4.78 is 38.7. The molecule has 1 fully saturated rings. The summed E-state index contributed by atoms with van der Waals surface area (Å²) in [5.41, 5.74) is -0.591. The first kappa shape index (κ1) is 23.6. The Hall–Kier alpha value is -2.52. The molecule has 1 saturated carbocycles. The Morgan fingerprint density at radius 3 is 2.61 bits per heavy atom. The number of benzene rings is 1. The van der Waals surface area contributed by atoms with Crippen LogP contribution in [0.15, 0.2) is 28.8 Å². The standard InChI is InChI=1S/C22H22Cl2F2N4O3/c1-21(2,3)32-17(31)6-9-30-16(11-15(28-30)18(25)26)19-27-20(29-33-19)22(7-8-22)13-5-4-12(23)10-14(13)24/h4-5,10-11,18H,6-9H2,1-3H3. The molecular weight excluding hydrogens is 477 g/mol. The fourth-order valence-electron chi connectivity index (χ4n) is 3.61. The van der Waals surface area contributed by atoms with Crippen LogP contribution in [0.4, 0.5) is 8.78 Å². The van der Waals surface area contributed by atoms with E-state index in [9.17, 15) is 13.6 Å². The van der Waals surface area contributed by atoms with E-state index in [1.807, 2.05) is 6.07 Å². The van der Waals surface area contributed by atoms with Gasteiger partial charge in [-0.25, -0.2) is 8.78 Å². The number of ether oxygens (including phenoxy) is 1. The van der Waals surface area contributed by atoms with E-state index in [1.54, 1.807) is 32.9 Å². The Balaban J connectivity index is 1.61. The predicted octanol–water partition coefficient (Wildman–Crippen LogP) is 5.99. The summed E-state index contributed by atoms with van der Waals surface area (Å²) in [7, 11) is 0. The SMILES string of the molecule is CC(C)(C)OC(=O)CCn1nc(C(F)F)cc1-c1nc(C2(c3ccc(Cl)cc3Cl)CC2)no1. The van der Waals surface area contributed by atoms with Gasteiger partial charge in [0.25, 0.3) is 12.3 Å². The van der Waals surface area contributed by atoms with Crippen molar-refractivity contribution in [2.75, 3.05) is 0 Å². The maximum Gasteiger partial charge on any atom is 0.308 e. The molecule has 0 aliphatic heterocycles. The van der Waals surface area contributed by atoms with Crippen molar-refractivity contribution in [3.8, 4) is 11.6 Å². The van der Waals surface area contributed by atoms with Crippen LogP contribution in [0.3, 0.4) is 0 Å². The van der Waals surface area contributed by atoms with Crippen LogP contribution < -0.4 is 0 Å². The fraction of sp³-hybridized carbons (Fsp3) is 0.455. The number of esters is 1. The Bertz CT molecular complexity index is 1180. The normalized spacial score (nSPS) is 15.2. The largest absolute Gasteiger partial charge is 0.460 e. The lowest BCUT2D eigenvalue weighted by Crippen LogP contribution is -2.24. The average molecular weight is 499 g/mol. The molecule has 0 bridgehead atoms. The zero-order chi connectivity index (χ0) is 24.0. The van der Waals surface area contributed by atoms with E-state index >= 15 is 0 Å². The van der Waals surface area contributed by atoms with Crippen molar-refractivity contribution in [3.05, 3.63) is 51.4 Å². The van der Waals surface area contributed by atoms with Gasteiger partial charge in [0.05, 0.1) is 18.4 Å². The van der Waals surface area contributed by atoms with Gasteiger partial charge in [0.2, 0.25) is 0 Å². The van der Waals surface area contributed by atoms with Crippen molar-refractivity contribution in [1.82, 2.24) is 19.9 Å². The number of alkyl halides is 2. The molecule has 0 atom stereocenters. The number of hydrogen-bond acceptors (Lipinski definition) is 6. The van der Waals surface area contributed by atoms with Gasteiger partial charge in [-0.3, -0.25) is 9.48 Å². The molecule has 1 aliphatic rings. The first-order valence-electron chi connectivity index (χ1n) is 10.4. The highest BCUT2D eigenvalue weighted by atomic mass is 35.5. The molecule has 3 aromatic rings. The number of aryl methyl sites for hydroxylation is 1. The van der Waals surface area contributed by atoms with E-state index in [0.717, 1.165) is 18.4 Å². The van der Waals surface area contributed by atoms with Gasteiger partial charge < -0.3 is 9.26 Å². The minimum atomic E-state index is -2.79. The zero-order valence-corrected chi connectivity index (χ0v) is 19.8. The first-order chi connectivity index (χ1) is 15.5. The Morgan fingerprint density at radius 2 is 2.00 bits per heavy atom. The Kier molecular flexibility index (Phi) is 6.22. The van der Waals surface area contributed by atoms with Crippen LogP contribution >= 0.6 is 23.2 Å². The molecule has 0 radical (unpaired) electrons. The van der Waals surface area contributed by atoms with Crippen LogP contribution in [-0.4, -0.2) is 31.5 Å². The van der Waals surface area contributed by atoms with Crippen LogP contribution in [-0.2, 0) is 21.5 Å². The molecule has 1 aliphatic carbocycles. The number of halogens is 4. The van der Waals surface area contributed by atoms with Gasteiger partial charge in [0, 0.05) is 10.0 Å². The lowest BCUT2D eigenvalue weighted by Gasteiger charge is -2.19. The second-order valence-electron chi connectivity index (χ2n) is 8.94.